The van der Waals surface area contributed by atoms with Crippen molar-refractivity contribution in [3.05, 3.63) is 52.1 Å². The number of hydrogen-bond donors (Lipinski definition) is 1. The normalized spacial score (nSPS) is 12.7. The molecule has 2 aromatic carbocycles. The second-order valence-corrected chi connectivity index (χ2v) is 4.37. The van der Waals surface area contributed by atoms with Crippen LogP contribution in [0.1, 0.15) is 5.56 Å². The third kappa shape index (κ3) is 2.35. The van der Waals surface area contributed by atoms with E-state index in [1.807, 2.05) is 0 Å². The van der Waals surface area contributed by atoms with Gasteiger partial charge in [-0.2, -0.15) is 13.2 Å². The van der Waals surface area contributed by atoms with Crippen LogP contribution in [0.25, 0.3) is 0 Å². The zero-order chi connectivity index (χ0) is 15.2. The molecule has 0 fully saturated rings. The van der Waals surface area contributed by atoms with Gasteiger partial charge < -0.3 is 10.1 Å². The van der Waals surface area contributed by atoms with Gasteiger partial charge in [0.15, 0.2) is 11.5 Å². The van der Waals surface area contributed by atoms with Gasteiger partial charge in [-0.25, -0.2) is 0 Å². The van der Waals surface area contributed by atoms with Crippen molar-refractivity contribution in [3.8, 4) is 11.5 Å². The number of nitro groups is 1. The van der Waals surface area contributed by atoms with Crippen LogP contribution in [0.3, 0.4) is 0 Å². The topological polar surface area (TPSA) is 64.4 Å². The summed E-state index contributed by atoms with van der Waals surface area (Å²) in [5.41, 5.74) is -0.318. The Kier molecular flexibility index (Phi) is 2.75. The summed E-state index contributed by atoms with van der Waals surface area (Å²) in [6, 6.07) is 6.84. The number of anilines is 2. The van der Waals surface area contributed by atoms with E-state index in [2.05, 4.69) is 5.32 Å². The smallest absolute Gasteiger partial charge is 0.416 e. The number of nitrogens with zero attached hydrogens (tertiary/aromatic N) is 1. The van der Waals surface area contributed by atoms with Crippen molar-refractivity contribution in [2.24, 2.45) is 0 Å². The first-order chi connectivity index (χ1) is 9.84. The highest BCUT2D eigenvalue weighted by Crippen LogP contribution is 2.45. The lowest BCUT2D eigenvalue weighted by Crippen LogP contribution is -2.08. The lowest BCUT2D eigenvalue weighted by molar-refractivity contribution is -0.384. The van der Waals surface area contributed by atoms with Crippen LogP contribution in [-0.2, 0) is 6.18 Å². The van der Waals surface area contributed by atoms with Crippen LogP contribution in [0, 0.1) is 10.1 Å². The molecule has 5 nitrogen and oxygen atoms in total. The highest BCUT2D eigenvalue weighted by atomic mass is 19.4. The molecule has 1 aliphatic rings. The Bertz CT molecular complexity index is 744. The average molecular weight is 296 g/mol. The summed E-state index contributed by atoms with van der Waals surface area (Å²) in [6.07, 6.45) is -4.46. The standard InChI is InChI=1S/C13H7F3N2O3/c14-13(15,16)7-1-3-9-12(5-7)21-11-4-2-8(18(19)20)6-10(11)17-9/h1-6,17H. The minimum absolute atomic E-state index is 0.0196. The van der Waals surface area contributed by atoms with Gasteiger partial charge in [0.05, 0.1) is 21.9 Å². The number of rotatable bonds is 1. The Labute approximate surface area is 116 Å². The van der Waals surface area contributed by atoms with Crippen LogP contribution < -0.4 is 10.1 Å². The fourth-order valence-corrected chi connectivity index (χ4v) is 1.97. The molecule has 3 rings (SSSR count). The van der Waals surface area contributed by atoms with Gasteiger partial charge in [-0.1, -0.05) is 0 Å². The zero-order valence-electron chi connectivity index (χ0n) is 10.3. The molecule has 0 amide bonds. The van der Waals surface area contributed by atoms with Crippen molar-refractivity contribution in [2.45, 2.75) is 6.18 Å². The fraction of sp³-hybridized carbons (Fsp3) is 0.0769. The molecule has 0 radical (unpaired) electrons. The number of nitro benzene ring substituents is 1. The molecule has 0 spiro atoms. The van der Waals surface area contributed by atoms with E-state index < -0.39 is 16.7 Å². The number of non-ortho nitro benzene ring substituents is 1. The molecular formula is C13H7F3N2O3. The Hall–Kier alpha value is -2.77. The SMILES string of the molecule is O=[N+]([O-])c1ccc2c(c1)Nc1ccc(C(F)(F)F)cc1O2. The number of ether oxygens (including phenoxy) is 1. The van der Waals surface area contributed by atoms with Gasteiger partial charge in [-0.3, -0.25) is 10.1 Å². The van der Waals surface area contributed by atoms with E-state index in [1.54, 1.807) is 0 Å². The molecule has 0 atom stereocenters. The number of fused-ring (bicyclic) bond motifs is 2. The van der Waals surface area contributed by atoms with Gasteiger partial charge in [-0.05, 0) is 24.3 Å². The van der Waals surface area contributed by atoms with Gasteiger partial charge in [-0.15, -0.1) is 0 Å². The number of halogens is 3. The molecule has 0 saturated heterocycles. The monoisotopic (exact) mass is 296 g/mol. The van der Waals surface area contributed by atoms with Crippen LogP contribution >= 0.6 is 0 Å². The number of nitrogens with one attached hydrogen (secondary N) is 1. The molecule has 1 aliphatic heterocycles. The molecule has 0 saturated carbocycles. The van der Waals surface area contributed by atoms with E-state index in [-0.39, 0.29) is 17.2 Å². The molecule has 108 valence electrons. The largest absolute Gasteiger partial charge is 0.453 e. The zero-order valence-corrected chi connectivity index (χ0v) is 10.3. The van der Waals surface area contributed by atoms with E-state index in [1.165, 1.54) is 24.3 Å². The van der Waals surface area contributed by atoms with Crippen LogP contribution in [0.4, 0.5) is 30.2 Å². The number of alkyl halides is 3. The summed E-state index contributed by atoms with van der Waals surface area (Å²) in [4.78, 5) is 10.1. The Morgan fingerprint density at radius 3 is 2.48 bits per heavy atom. The van der Waals surface area contributed by atoms with E-state index in [0.29, 0.717) is 11.4 Å². The second kappa shape index (κ2) is 4.37. The van der Waals surface area contributed by atoms with Gasteiger partial charge in [0.1, 0.15) is 0 Å². The van der Waals surface area contributed by atoms with Crippen molar-refractivity contribution in [2.75, 3.05) is 5.32 Å². The number of hydrogen-bond acceptors (Lipinski definition) is 4. The summed E-state index contributed by atoms with van der Waals surface area (Å²) in [6.45, 7) is 0. The summed E-state index contributed by atoms with van der Waals surface area (Å²) in [5, 5.41) is 13.5. The van der Waals surface area contributed by atoms with Gasteiger partial charge in [0, 0.05) is 12.1 Å². The summed E-state index contributed by atoms with van der Waals surface area (Å²) in [5.74, 6) is 0.249. The molecule has 0 bridgehead atoms. The Morgan fingerprint density at radius 1 is 1.05 bits per heavy atom. The third-order valence-corrected chi connectivity index (χ3v) is 2.97. The molecular weight excluding hydrogens is 289 g/mol. The minimum Gasteiger partial charge on any atom is -0.453 e. The van der Waals surface area contributed by atoms with Gasteiger partial charge in [0.2, 0.25) is 0 Å². The maximum atomic E-state index is 12.6. The molecule has 0 unspecified atom stereocenters. The predicted molar refractivity (Wildman–Crippen MR) is 67.9 cm³/mol. The molecule has 21 heavy (non-hydrogen) atoms. The minimum atomic E-state index is -4.46. The molecule has 2 aromatic rings. The predicted octanol–water partition coefficient (Wildman–Crippen LogP) is 4.46. The maximum absolute atomic E-state index is 12.6. The summed E-state index contributed by atoms with van der Waals surface area (Å²) in [7, 11) is 0. The third-order valence-electron chi connectivity index (χ3n) is 2.97. The fourth-order valence-electron chi connectivity index (χ4n) is 1.97. The van der Waals surface area contributed by atoms with Crippen LogP contribution in [0.2, 0.25) is 0 Å². The molecule has 0 aliphatic carbocycles. The summed E-state index contributed by atoms with van der Waals surface area (Å²) >= 11 is 0. The van der Waals surface area contributed by atoms with E-state index >= 15 is 0 Å². The van der Waals surface area contributed by atoms with Gasteiger partial charge >= 0.3 is 6.18 Å². The Morgan fingerprint density at radius 2 is 1.81 bits per heavy atom. The van der Waals surface area contributed by atoms with Crippen molar-refractivity contribution in [1.82, 2.24) is 0 Å². The average Bonchev–Trinajstić information content (AvgIpc) is 2.42. The van der Waals surface area contributed by atoms with E-state index in [0.717, 1.165) is 12.1 Å². The highest BCUT2D eigenvalue weighted by molar-refractivity contribution is 5.77. The first-order valence-electron chi connectivity index (χ1n) is 5.79. The molecule has 0 aromatic heterocycles. The quantitative estimate of drug-likeness (QED) is 0.532. The molecule has 1 N–H and O–H groups in total. The second-order valence-electron chi connectivity index (χ2n) is 4.37. The van der Waals surface area contributed by atoms with E-state index in [9.17, 15) is 23.3 Å². The van der Waals surface area contributed by atoms with Crippen molar-refractivity contribution in [3.63, 3.8) is 0 Å². The summed E-state index contributed by atoms with van der Waals surface area (Å²) < 4.78 is 43.3. The number of benzene rings is 2. The van der Waals surface area contributed by atoms with Gasteiger partial charge in [0.25, 0.3) is 5.69 Å². The van der Waals surface area contributed by atoms with Crippen molar-refractivity contribution in [1.29, 1.82) is 0 Å². The van der Waals surface area contributed by atoms with E-state index in [4.69, 9.17) is 4.74 Å². The Balaban J connectivity index is 2.00. The van der Waals surface area contributed by atoms with Crippen LogP contribution in [0.15, 0.2) is 36.4 Å². The molecule has 1 heterocycles. The van der Waals surface area contributed by atoms with Crippen LogP contribution in [-0.4, -0.2) is 4.92 Å². The first-order valence-corrected chi connectivity index (χ1v) is 5.79. The lowest BCUT2D eigenvalue weighted by atomic mass is 10.1. The van der Waals surface area contributed by atoms with Crippen molar-refractivity contribution >= 4 is 17.1 Å². The highest BCUT2D eigenvalue weighted by Gasteiger charge is 2.32. The van der Waals surface area contributed by atoms with Crippen molar-refractivity contribution < 1.29 is 22.8 Å². The first kappa shape index (κ1) is 13.2. The molecule has 8 heteroatoms. The lowest BCUT2D eigenvalue weighted by Gasteiger charge is -2.22. The van der Waals surface area contributed by atoms with Crippen LogP contribution in [0.5, 0.6) is 11.5 Å². The maximum Gasteiger partial charge on any atom is 0.416 e.